The predicted molar refractivity (Wildman–Crippen MR) is 594 cm³/mol. The van der Waals surface area contributed by atoms with E-state index in [0.29, 0.717) is 0 Å². The molecule has 139 heavy (non-hydrogen) atoms. The van der Waals surface area contributed by atoms with Crippen molar-refractivity contribution in [2.24, 2.45) is 0 Å². The fourth-order valence-corrected chi connectivity index (χ4v) is 22.8. The SMILES string of the molecule is CCCCCCC1(CCCCCC)c2cc(N(c3ccccc3)c3ccc(C)cc3)ccc2-c2ccc(N(c3ccc(-c4ccc(N(c5ccccc5)c5cccc(-c6ccc7c(c6)CC7)c5)cc4)cc3)c3cccc(-c4ccc5c(c4)CC5)c3)cc21.CCCCCCC1(CCCCCC)c2cc(N(c3ccccc3)c3ccccc3)ccc2-c2ccc(N(c3ccccc3)c3ccc(C)cc3)cc21. The average Bonchev–Trinajstić information content (AvgIpc) is 1.56. The molecule has 0 bridgehead atoms. The van der Waals surface area contributed by atoms with E-state index in [0.717, 1.165) is 47.7 Å². The Balaban J connectivity index is 0.000000195. The lowest BCUT2D eigenvalue weighted by Crippen LogP contribution is -2.26. The van der Waals surface area contributed by atoms with E-state index in [1.807, 2.05) is 0 Å². The van der Waals surface area contributed by atoms with Crippen LogP contribution in [-0.4, -0.2) is 0 Å². The summed E-state index contributed by atoms with van der Waals surface area (Å²) in [6, 6.07) is 153. The lowest BCUT2D eigenvalue weighted by Gasteiger charge is -2.35. The lowest BCUT2D eigenvalue weighted by atomic mass is 9.70. The van der Waals surface area contributed by atoms with Gasteiger partial charge in [-0.1, -0.05) is 366 Å². The van der Waals surface area contributed by atoms with Gasteiger partial charge in [0.05, 0.1) is 0 Å². The van der Waals surface area contributed by atoms with E-state index in [1.165, 1.54) is 303 Å². The third-order valence-electron chi connectivity index (χ3n) is 30.4. The molecule has 0 aliphatic heterocycles. The predicted octanol–water partition coefficient (Wildman–Crippen LogP) is 39.0. The van der Waals surface area contributed by atoms with Crippen LogP contribution in [0.3, 0.4) is 0 Å². The highest BCUT2D eigenvalue weighted by Gasteiger charge is 2.46. The first-order valence-corrected chi connectivity index (χ1v) is 52.2. The fourth-order valence-electron chi connectivity index (χ4n) is 22.8. The smallest absolute Gasteiger partial charge is 0.0467 e. The molecular formula is C134H133N5. The van der Waals surface area contributed by atoms with Gasteiger partial charge in [-0.25, -0.2) is 0 Å². The van der Waals surface area contributed by atoms with Gasteiger partial charge in [0.1, 0.15) is 0 Å². The highest BCUT2D eigenvalue weighted by atomic mass is 15.2. The van der Waals surface area contributed by atoms with Crippen molar-refractivity contribution < 1.29 is 0 Å². The molecule has 4 aliphatic rings. The molecule has 0 unspecified atom stereocenters. The van der Waals surface area contributed by atoms with Gasteiger partial charge >= 0.3 is 0 Å². The van der Waals surface area contributed by atoms with Crippen molar-refractivity contribution in [1.29, 1.82) is 0 Å². The summed E-state index contributed by atoms with van der Waals surface area (Å²) in [5, 5.41) is 0. The van der Waals surface area contributed by atoms with Crippen LogP contribution in [0.15, 0.2) is 406 Å². The number of hydrogen-bond donors (Lipinski definition) is 0. The molecule has 17 aromatic rings. The fraction of sp³-hybridized carbons (Fsp3) is 0.239. The maximum atomic E-state index is 2.62. The molecule has 4 aliphatic carbocycles. The van der Waals surface area contributed by atoms with E-state index in [1.54, 1.807) is 0 Å². The van der Waals surface area contributed by atoms with Crippen molar-refractivity contribution in [3.8, 4) is 55.6 Å². The Morgan fingerprint density at radius 1 is 0.173 bits per heavy atom. The highest BCUT2D eigenvalue weighted by molar-refractivity contribution is 5.93. The molecule has 0 radical (unpaired) electrons. The maximum Gasteiger partial charge on any atom is 0.0467 e. The molecule has 0 heterocycles. The zero-order valence-corrected chi connectivity index (χ0v) is 82.4. The number of hydrogen-bond acceptors (Lipinski definition) is 5. The Morgan fingerprint density at radius 2 is 0.388 bits per heavy atom. The monoisotopic (exact) mass is 1810 g/mol. The Labute approximate surface area is 828 Å². The first-order valence-electron chi connectivity index (χ1n) is 52.2. The van der Waals surface area contributed by atoms with E-state index in [4.69, 9.17) is 0 Å². The van der Waals surface area contributed by atoms with Crippen LogP contribution in [0.4, 0.5) is 85.3 Å². The first-order chi connectivity index (χ1) is 68.5. The Hall–Kier alpha value is -14.3. The van der Waals surface area contributed by atoms with Gasteiger partial charge in [-0.15, -0.1) is 0 Å². The van der Waals surface area contributed by atoms with E-state index in [2.05, 4.69) is 472 Å². The molecular weight excluding hydrogens is 1680 g/mol. The van der Waals surface area contributed by atoms with Crippen molar-refractivity contribution in [2.45, 2.75) is 206 Å². The molecule has 0 saturated heterocycles. The largest absolute Gasteiger partial charge is 0.310 e. The second kappa shape index (κ2) is 42.8. The second-order valence-electron chi connectivity index (χ2n) is 39.5. The van der Waals surface area contributed by atoms with Gasteiger partial charge in [0.2, 0.25) is 0 Å². The Morgan fingerprint density at radius 3 is 0.640 bits per heavy atom. The van der Waals surface area contributed by atoms with E-state index >= 15 is 0 Å². The Kier molecular flexibility index (Phi) is 28.5. The van der Waals surface area contributed by atoms with Gasteiger partial charge in [0.15, 0.2) is 0 Å². The molecule has 0 fully saturated rings. The van der Waals surface area contributed by atoms with Crippen molar-refractivity contribution in [3.63, 3.8) is 0 Å². The molecule has 17 aromatic carbocycles. The van der Waals surface area contributed by atoms with Crippen molar-refractivity contribution in [2.75, 3.05) is 24.5 Å². The number of nitrogens with zero attached hydrogens (tertiary/aromatic N) is 5. The van der Waals surface area contributed by atoms with Gasteiger partial charge in [-0.2, -0.15) is 0 Å². The third kappa shape index (κ3) is 19.6. The molecule has 0 spiro atoms. The maximum absolute atomic E-state index is 2.62. The number of aryl methyl sites for hydroxylation is 6. The van der Waals surface area contributed by atoms with Gasteiger partial charge in [0, 0.05) is 96.1 Å². The summed E-state index contributed by atoms with van der Waals surface area (Å²) in [7, 11) is 0. The standard InChI is InChI=1S/C84H79N3.C50H54N2/c1-4-6-8-16-52-84(53-17-9-7-5-2)82-58-78(86(72-24-14-11-15-25-72)73-42-28-60(3)29-43-73)48-50-80(82)81-51-49-79(59-83(81)84)87(77-27-19-21-66(57-77)70-37-33-64-31-35-68(64)55-70)75-46-40-62(41-47-75)61-38-44-74(45-39-61)85(71-22-12-10-13-23-71)76-26-18-20-65(56-76)69-36-32-63-30-34-67(63)54-69;1-4-6-8-19-35-50(36-20-9-7-5-2)48-37-44(51(40-21-13-10-14-22-40)41-23-15-11-16-24-41)31-33-46(48)47-34-32-45(38-49(47)50)52(42-25-17-12-18-26-42)43-29-27-39(3)28-30-43/h10-15,18-29,32-33,36-51,54-59H,4-9,16-17,30-31,34-35,52-53H2,1-3H3;10-18,21-34,37-38H,4-9,19-20,35-36H2,1-3H3. The van der Waals surface area contributed by atoms with Gasteiger partial charge in [-0.3, -0.25) is 0 Å². The van der Waals surface area contributed by atoms with Crippen LogP contribution >= 0.6 is 0 Å². The highest BCUT2D eigenvalue weighted by Crippen LogP contribution is 2.60. The minimum absolute atomic E-state index is 0.0626. The zero-order chi connectivity index (χ0) is 94.4. The molecule has 694 valence electrons. The second-order valence-corrected chi connectivity index (χ2v) is 39.5. The summed E-state index contributed by atoms with van der Waals surface area (Å²) in [5.41, 5.74) is 44.8. The van der Waals surface area contributed by atoms with Crippen molar-refractivity contribution >= 4 is 85.3 Å². The topological polar surface area (TPSA) is 16.2 Å². The summed E-state index contributed by atoms with van der Waals surface area (Å²) in [6.07, 6.45) is 29.2. The van der Waals surface area contributed by atoms with Gasteiger partial charge in [-0.05, 0) is 347 Å². The van der Waals surface area contributed by atoms with Crippen LogP contribution in [0.2, 0.25) is 0 Å². The summed E-state index contributed by atoms with van der Waals surface area (Å²) in [5.74, 6) is 0. The lowest BCUT2D eigenvalue weighted by molar-refractivity contribution is 0.401. The number of fused-ring (bicyclic) bond motifs is 8. The molecule has 0 N–H and O–H groups in total. The van der Waals surface area contributed by atoms with Crippen LogP contribution in [-0.2, 0) is 36.5 Å². The molecule has 0 amide bonds. The number of rotatable bonds is 38. The average molecular weight is 1810 g/mol. The molecule has 5 nitrogen and oxygen atoms in total. The van der Waals surface area contributed by atoms with Gasteiger partial charge in [0.25, 0.3) is 0 Å². The van der Waals surface area contributed by atoms with Gasteiger partial charge < -0.3 is 24.5 Å². The molecule has 5 heteroatoms. The quantitative estimate of drug-likeness (QED) is 0.0358. The molecule has 0 aromatic heterocycles. The normalized spacial score (nSPS) is 13.0. The zero-order valence-electron chi connectivity index (χ0n) is 82.4. The van der Waals surface area contributed by atoms with Crippen LogP contribution in [0, 0.1) is 13.8 Å². The van der Waals surface area contributed by atoms with Crippen LogP contribution in [0.1, 0.15) is 212 Å². The summed E-state index contributed by atoms with van der Waals surface area (Å²) in [6.45, 7) is 13.7. The minimum Gasteiger partial charge on any atom is -0.310 e. The van der Waals surface area contributed by atoms with Crippen LogP contribution in [0.5, 0.6) is 0 Å². The number of unbranched alkanes of at least 4 members (excludes halogenated alkanes) is 12. The van der Waals surface area contributed by atoms with Crippen molar-refractivity contribution in [3.05, 3.63) is 462 Å². The number of benzene rings is 17. The van der Waals surface area contributed by atoms with Crippen molar-refractivity contribution in [1.82, 2.24) is 0 Å². The van der Waals surface area contributed by atoms with Crippen LogP contribution < -0.4 is 24.5 Å². The molecule has 0 atom stereocenters. The minimum atomic E-state index is -0.162. The van der Waals surface area contributed by atoms with E-state index in [9.17, 15) is 0 Å². The molecule has 21 rings (SSSR count). The van der Waals surface area contributed by atoms with Crippen LogP contribution in [0.25, 0.3) is 55.6 Å². The summed E-state index contributed by atoms with van der Waals surface area (Å²) < 4.78 is 0. The summed E-state index contributed by atoms with van der Waals surface area (Å²) in [4.78, 5) is 12.3. The van der Waals surface area contributed by atoms with E-state index < -0.39 is 0 Å². The third-order valence-corrected chi connectivity index (χ3v) is 30.4. The Bertz CT molecular complexity index is 6940. The summed E-state index contributed by atoms with van der Waals surface area (Å²) >= 11 is 0. The number of anilines is 15. The van der Waals surface area contributed by atoms with E-state index in [-0.39, 0.29) is 10.8 Å². The molecule has 0 saturated carbocycles. The number of para-hydroxylation sites is 5. The first kappa shape index (κ1) is 92.4.